The predicted molar refractivity (Wildman–Crippen MR) is 84.7 cm³/mol. The molecule has 5 heteroatoms. The van der Waals surface area contributed by atoms with E-state index in [0.29, 0.717) is 24.5 Å². The third-order valence-corrected chi connectivity index (χ3v) is 4.59. The van der Waals surface area contributed by atoms with E-state index in [0.717, 1.165) is 11.9 Å². The first-order valence-corrected chi connectivity index (χ1v) is 8.03. The molecular weight excluding hydrogens is 280 g/mol. The van der Waals surface area contributed by atoms with Gasteiger partial charge in [0.1, 0.15) is 0 Å². The van der Waals surface area contributed by atoms with Crippen LogP contribution >= 0.6 is 0 Å². The molecule has 1 fully saturated rings. The summed E-state index contributed by atoms with van der Waals surface area (Å²) in [6.45, 7) is 2.54. The van der Waals surface area contributed by atoms with E-state index in [1.807, 2.05) is 18.2 Å². The number of aromatic nitrogens is 1. The van der Waals surface area contributed by atoms with Crippen LogP contribution in [0, 0.1) is 5.92 Å². The molecule has 0 saturated heterocycles. The minimum atomic E-state index is -0.403. The molecule has 2 aromatic rings. The molecule has 1 heterocycles. The highest BCUT2D eigenvalue weighted by Crippen LogP contribution is 2.23. The van der Waals surface area contributed by atoms with Gasteiger partial charge in [0.15, 0.2) is 5.58 Å². The molecule has 0 aliphatic heterocycles. The number of benzene rings is 1. The van der Waals surface area contributed by atoms with E-state index in [2.05, 4.69) is 12.2 Å². The number of nitrogens with one attached hydrogen (secondary N) is 1. The third-order valence-electron chi connectivity index (χ3n) is 4.59. The summed E-state index contributed by atoms with van der Waals surface area (Å²) in [4.78, 5) is 24.0. The van der Waals surface area contributed by atoms with Crippen molar-refractivity contribution in [2.24, 2.45) is 5.92 Å². The van der Waals surface area contributed by atoms with Crippen molar-refractivity contribution < 1.29 is 9.21 Å². The van der Waals surface area contributed by atoms with Crippen LogP contribution in [-0.4, -0.2) is 16.5 Å². The van der Waals surface area contributed by atoms with Crippen LogP contribution in [0.1, 0.15) is 39.0 Å². The fourth-order valence-corrected chi connectivity index (χ4v) is 3.25. The predicted octanol–water partition coefficient (Wildman–Crippen LogP) is 2.68. The average molecular weight is 302 g/mol. The smallest absolute Gasteiger partial charge is 0.408 e. The highest BCUT2D eigenvalue weighted by Gasteiger charge is 2.22. The largest absolute Gasteiger partial charge is 0.419 e. The van der Waals surface area contributed by atoms with Gasteiger partial charge in [-0.15, -0.1) is 0 Å². The molecule has 1 saturated carbocycles. The Balaban J connectivity index is 1.63. The van der Waals surface area contributed by atoms with E-state index in [-0.39, 0.29) is 11.9 Å². The van der Waals surface area contributed by atoms with Gasteiger partial charge in [-0.3, -0.25) is 9.36 Å². The summed E-state index contributed by atoms with van der Waals surface area (Å²) in [5.74, 6) is 0.145. The second-order valence-corrected chi connectivity index (χ2v) is 6.17. The van der Waals surface area contributed by atoms with Crippen molar-refractivity contribution in [3.63, 3.8) is 0 Å². The first-order chi connectivity index (χ1) is 10.6. The molecule has 0 unspecified atom stereocenters. The van der Waals surface area contributed by atoms with E-state index in [1.165, 1.54) is 23.8 Å². The Morgan fingerprint density at radius 2 is 2.09 bits per heavy atom. The van der Waals surface area contributed by atoms with E-state index >= 15 is 0 Å². The Morgan fingerprint density at radius 1 is 1.32 bits per heavy atom. The number of hydrogen-bond acceptors (Lipinski definition) is 3. The lowest BCUT2D eigenvalue weighted by atomic mass is 9.86. The molecule has 1 aliphatic carbocycles. The summed E-state index contributed by atoms with van der Waals surface area (Å²) in [5.41, 5.74) is 1.31. The first kappa shape index (κ1) is 14.9. The molecule has 2 atom stereocenters. The van der Waals surface area contributed by atoms with E-state index in [1.54, 1.807) is 6.07 Å². The third kappa shape index (κ3) is 3.08. The quantitative estimate of drug-likeness (QED) is 0.944. The summed E-state index contributed by atoms with van der Waals surface area (Å²) in [5, 5.41) is 3.11. The van der Waals surface area contributed by atoms with Crippen molar-refractivity contribution in [1.29, 1.82) is 0 Å². The molecule has 0 bridgehead atoms. The normalized spacial score (nSPS) is 21.9. The summed E-state index contributed by atoms with van der Waals surface area (Å²) in [6.07, 6.45) is 4.97. The maximum Gasteiger partial charge on any atom is 0.419 e. The van der Waals surface area contributed by atoms with Crippen LogP contribution in [0.4, 0.5) is 0 Å². The molecular formula is C17H22N2O3. The van der Waals surface area contributed by atoms with Gasteiger partial charge in [0, 0.05) is 19.0 Å². The number of para-hydroxylation sites is 2. The lowest BCUT2D eigenvalue weighted by molar-refractivity contribution is -0.122. The lowest BCUT2D eigenvalue weighted by Gasteiger charge is -2.29. The van der Waals surface area contributed by atoms with Crippen molar-refractivity contribution in [3.8, 4) is 0 Å². The number of oxazole rings is 1. The number of nitrogens with zero attached hydrogens (tertiary/aromatic N) is 1. The lowest BCUT2D eigenvalue weighted by Crippen LogP contribution is -2.41. The van der Waals surface area contributed by atoms with Crippen LogP contribution in [0.5, 0.6) is 0 Å². The van der Waals surface area contributed by atoms with Crippen LogP contribution in [0.25, 0.3) is 11.1 Å². The van der Waals surface area contributed by atoms with Crippen LogP contribution in [0.15, 0.2) is 33.5 Å². The zero-order chi connectivity index (χ0) is 15.5. The Bertz CT molecular complexity index is 716. The first-order valence-electron chi connectivity index (χ1n) is 8.03. The number of carbonyl (C=O) groups excluding carboxylic acids is 1. The minimum Gasteiger partial charge on any atom is -0.408 e. The maximum atomic E-state index is 12.1. The number of amides is 1. The Morgan fingerprint density at radius 3 is 2.91 bits per heavy atom. The van der Waals surface area contributed by atoms with E-state index in [4.69, 9.17) is 4.42 Å². The van der Waals surface area contributed by atoms with Crippen molar-refractivity contribution in [3.05, 3.63) is 34.8 Å². The van der Waals surface area contributed by atoms with Gasteiger partial charge in [-0.1, -0.05) is 31.9 Å². The molecule has 22 heavy (non-hydrogen) atoms. The topological polar surface area (TPSA) is 64.2 Å². The van der Waals surface area contributed by atoms with Crippen molar-refractivity contribution in [1.82, 2.24) is 9.88 Å². The summed E-state index contributed by atoms with van der Waals surface area (Å²) >= 11 is 0. The SMILES string of the molecule is C[C@H]1CCCC[C@H]1NC(=O)CCn1c(=O)oc2ccccc21. The van der Waals surface area contributed by atoms with E-state index in [9.17, 15) is 9.59 Å². The standard InChI is InChI=1S/C17H22N2O3/c1-12-6-2-3-7-13(12)18-16(20)10-11-19-14-8-4-5-9-15(14)22-17(19)21/h4-5,8-9,12-13H,2-3,6-7,10-11H2,1H3,(H,18,20)/t12-,13+/m0/s1. The van der Waals surface area contributed by atoms with Crippen molar-refractivity contribution in [2.75, 3.05) is 0 Å². The average Bonchev–Trinajstić information content (AvgIpc) is 2.83. The molecule has 1 N–H and O–H groups in total. The Kier molecular flexibility index (Phi) is 4.32. The second kappa shape index (κ2) is 6.38. The zero-order valence-corrected chi connectivity index (χ0v) is 12.9. The van der Waals surface area contributed by atoms with Gasteiger partial charge >= 0.3 is 5.76 Å². The van der Waals surface area contributed by atoms with Gasteiger partial charge < -0.3 is 9.73 Å². The molecule has 0 spiro atoms. The number of fused-ring (bicyclic) bond motifs is 1. The number of hydrogen-bond donors (Lipinski definition) is 1. The van der Waals surface area contributed by atoms with Gasteiger partial charge in [-0.05, 0) is 30.9 Å². The molecule has 1 amide bonds. The highest BCUT2D eigenvalue weighted by molar-refractivity contribution is 5.77. The molecule has 1 aliphatic rings. The Hall–Kier alpha value is -2.04. The number of carbonyl (C=O) groups is 1. The number of aryl methyl sites for hydroxylation is 1. The molecule has 118 valence electrons. The monoisotopic (exact) mass is 302 g/mol. The van der Waals surface area contributed by atoms with Crippen LogP contribution in [-0.2, 0) is 11.3 Å². The van der Waals surface area contributed by atoms with Gasteiger partial charge in [-0.2, -0.15) is 0 Å². The highest BCUT2D eigenvalue weighted by atomic mass is 16.4. The van der Waals surface area contributed by atoms with Crippen LogP contribution in [0.2, 0.25) is 0 Å². The maximum absolute atomic E-state index is 12.1. The summed E-state index contributed by atoms with van der Waals surface area (Å²) in [7, 11) is 0. The summed E-state index contributed by atoms with van der Waals surface area (Å²) < 4.78 is 6.70. The fraction of sp³-hybridized carbons (Fsp3) is 0.529. The van der Waals surface area contributed by atoms with Crippen molar-refractivity contribution >= 4 is 17.0 Å². The molecule has 5 nitrogen and oxygen atoms in total. The van der Waals surface area contributed by atoms with Gasteiger partial charge in [-0.25, -0.2) is 4.79 Å². The summed E-state index contributed by atoms with van der Waals surface area (Å²) in [6, 6.07) is 7.56. The van der Waals surface area contributed by atoms with Crippen LogP contribution < -0.4 is 11.1 Å². The van der Waals surface area contributed by atoms with Crippen LogP contribution in [0.3, 0.4) is 0 Å². The fourth-order valence-electron chi connectivity index (χ4n) is 3.25. The van der Waals surface area contributed by atoms with Crippen molar-refractivity contribution in [2.45, 2.75) is 51.6 Å². The Labute approximate surface area is 129 Å². The van der Waals surface area contributed by atoms with Gasteiger partial charge in [0.25, 0.3) is 0 Å². The van der Waals surface area contributed by atoms with Gasteiger partial charge in [0.05, 0.1) is 5.52 Å². The van der Waals surface area contributed by atoms with Gasteiger partial charge in [0.2, 0.25) is 5.91 Å². The second-order valence-electron chi connectivity index (χ2n) is 6.17. The molecule has 3 rings (SSSR count). The van der Waals surface area contributed by atoms with E-state index < -0.39 is 5.76 Å². The number of rotatable bonds is 4. The molecule has 1 aromatic carbocycles. The minimum absolute atomic E-state index is 0.0101. The molecule has 0 radical (unpaired) electrons. The molecule has 1 aromatic heterocycles. The zero-order valence-electron chi connectivity index (χ0n) is 12.9.